The van der Waals surface area contributed by atoms with Crippen molar-refractivity contribution in [1.82, 2.24) is 9.97 Å². The van der Waals surface area contributed by atoms with Gasteiger partial charge in [0.2, 0.25) is 0 Å². The van der Waals surface area contributed by atoms with Gasteiger partial charge in [0, 0.05) is 4.47 Å². The number of nitrogens with zero attached hydrogens (tertiary/aromatic N) is 3. The molecule has 92 valence electrons. The number of hydrazone groups is 1. The van der Waals surface area contributed by atoms with Crippen molar-refractivity contribution in [1.29, 1.82) is 0 Å². The summed E-state index contributed by atoms with van der Waals surface area (Å²) in [6.45, 7) is 0. The van der Waals surface area contributed by atoms with Crippen LogP contribution in [0.4, 0.5) is 5.69 Å². The Morgan fingerprint density at radius 1 is 1.11 bits per heavy atom. The summed E-state index contributed by atoms with van der Waals surface area (Å²) in [6.07, 6.45) is 2.77. The predicted molar refractivity (Wildman–Crippen MR) is 77.4 cm³/mol. The van der Waals surface area contributed by atoms with E-state index >= 15 is 0 Å². The number of hydrogen-bond acceptors (Lipinski definition) is 4. The lowest BCUT2D eigenvalue weighted by Crippen LogP contribution is -1.95. The van der Waals surface area contributed by atoms with Crippen molar-refractivity contribution in [3.63, 3.8) is 0 Å². The maximum Gasteiger partial charge on any atom is 0.142 e. The molecule has 0 atom stereocenters. The molecule has 2 aromatic rings. The zero-order valence-corrected chi connectivity index (χ0v) is 12.0. The SMILES string of the molecule is Clc1ncnc(Cl)c1/C=N/Nc1ccc(Br)cc1. The van der Waals surface area contributed by atoms with Crippen LogP contribution in [0.1, 0.15) is 5.56 Å². The largest absolute Gasteiger partial charge is 0.279 e. The molecule has 0 saturated heterocycles. The monoisotopic (exact) mass is 344 g/mol. The van der Waals surface area contributed by atoms with Crippen LogP contribution in [0.5, 0.6) is 0 Å². The molecule has 0 spiro atoms. The lowest BCUT2D eigenvalue weighted by atomic mass is 10.3. The van der Waals surface area contributed by atoms with Crippen molar-refractivity contribution in [2.75, 3.05) is 5.43 Å². The van der Waals surface area contributed by atoms with Crippen LogP contribution in [0.3, 0.4) is 0 Å². The van der Waals surface area contributed by atoms with E-state index in [9.17, 15) is 0 Å². The van der Waals surface area contributed by atoms with Crippen LogP contribution in [-0.2, 0) is 0 Å². The number of rotatable bonds is 3. The van der Waals surface area contributed by atoms with Crippen LogP contribution in [0, 0.1) is 0 Å². The van der Waals surface area contributed by atoms with Crippen LogP contribution >= 0.6 is 39.1 Å². The van der Waals surface area contributed by atoms with Gasteiger partial charge in [-0.25, -0.2) is 9.97 Å². The minimum Gasteiger partial charge on any atom is -0.279 e. The predicted octanol–water partition coefficient (Wildman–Crippen LogP) is 3.99. The molecule has 4 nitrogen and oxygen atoms in total. The highest BCUT2D eigenvalue weighted by Gasteiger charge is 2.04. The van der Waals surface area contributed by atoms with Gasteiger partial charge in [-0.05, 0) is 24.3 Å². The maximum atomic E-state index is 5.87. The summed E-state index contributed by atoms with van der Waals surface area (Å²) < 4.78 is 1.000. The highest BCUT2D eigenvalue weighted by Crippen LogP contribution is 2.18. The van der Waals surface area contributed by atoms with Crippen LogP contribution in [-0.4, -0.2) is 16.2 Å². The topological polar surface area (TPSA) is 50.2 Å². The molecular weight excluding hydrogens is 339 g/mol. The highest BCUT2D eigenvalue weighted by atomic mass is 79.9. The number of halogens is 3. The van der Waals surface area contributed by atoms with E-state index < -0.39 is 0 Å². The van der Waals surface area contributed by atoms with Gasteiger partial charge >= 0.3 is 0 Å². The zero-order valence-electron chi connectivity index (χ0n) is 8.94. The number of hydrogen-bond donors (Lipinski definition) is 1. The number of benzene rings is 1. The summed E-state index contributed by atoms with van der Waals surface area (Å²) in [4.78, 5) is 7.64. The van der Waals surface area contributed by atoms with Gasteiger partial charge in [0.15, 0.2) is 0 Å². The second-order valence-corrected chi connectivity index (χ2v) is 4.88. The Morgan fingerprint density at radius 3 is 2.33 bits per heavy atom. The molecule has 1 N–H and O–H groups in total. The van der Waals surface area contributed by atoms with Crippen molar-refractivity contribution < 1.29 is 0 Å². The van der Waals surface area contributed by atoms with E-state index in [-0.39, 0.29) is 10.3 Å². The fourth-order valence-electron chi connectivity index (χ4n) is 1.16. The Hall–Kier alpha value is -1.17. The second-order valence-electron chi connectivity index (χ2n) is 3.25. The molecule has 0 aliphatic rings. The Kier molecular flexibility index (Phi) is 4.52. The molecule has 1 aromatic carbocycles. The van der Waals surface area contributed by atoms with Crippen molar-refractivity contribution in [2.24, 2.45) is 5.10 Å². The standard InChI is InChI=1S/C11H7BrCl2N4/c12-7-1-3-8(4-2-7)18-17-5-9-10(13)15-6-16-11(9)14/h1-6,18H/b17-5+. The minimum atomic E-state index is 0.261. The van der Waals surface area contributed by atoms with Crippen molar-refractivity contribution in [3.8, 4) is 0 Å². The Morgan fingerprint density at radius 2 is 1.72 bits per heavy atom. The minimum absolute atomic E-state index is 0.261. The fraction of sp³-hybridized carbons (Fsp3) is 0. The first kappa shape index (κ1) is 13.3. The molecule has 0 radical (unpaired) electrons. The molecule has 0 aliphatic carbocycles. The molecule has 0 unspecified atom stereocenters. The summed E-state index contributed by atoms with van der Waals surface area (Å²) >= 11 is 15.1. The molecule has 0 fully saturated rings. The average molecular weight is 346 g/mol. The molecular formula is C11H7BrCl2N4. The van der Waals surface area contributed by atoms with Gasteiger partial charge in [0.1, 0.15) is 16.6 Å². The highest BCUT2D eigenvalue weighted by molar-refractivity contribution is 9.10. The van der Waals surface area contributed by atoms with E-state index in [1.54, 1.807) is 0 Å². The van der Waals surface area contributed by atoms with Crippen molar-refractivity contribution in [2.45, 2.75) is 0 Å². The van der Waals surface area contributed by atoms with Crippen LogP contribution in [0.15, 0.2) is 40.2 Å². The third-order valence-electron chi connectivity index (χ3n) is 2.02. The van der Waals surface area contributed by atoms with Gasteiger partial charge in [-0.1, -0.05) is 39.1 Å². The molecule has 0 bridgehead atoms. The zero-order chi connectivity index (χ0) is 13.0. The van der Waals surface area contributed by atoms with Gasteiger partial charge in [0.25, 0.3) is 0 Å². The third-order valence-corrected chi connectivity index (χ3v) is 3.15. The number of nitrogens with one attached hydrogen (secondary N) is 1. The number of aromatic nitrogens is 2. The quantitative estimate of drug-likeness (QED) is 0.519. The lowest BCUT2D eigenvalue weighted by molar-refractivity contribution is 1.16. The van der Waals surface area contributed by atoms with E-state index in [4.69, 9.17) is 23.2 Å². The van der Waals surface area contributed by atoms with E-state index in [1.165, 1.54) is 12.5 Å². The summed E-state index contributed by atoms with van der Waals surface area (Å²) in [5.41, 5.74) is 4.17. The average Bonchev–Trinajstić information content (AvgIpc) is 2.35. The van der Waals surface area contributed by atoms with Gasteiger partial charge in [0.05, 0.1) is 17.5 Å². The Labute approximate surface area is 122 Å². The first-order valence-electron chi connectivity index (χ1n) is 4.87. The second kappa shape index (κ2) is 6.13. The molecule has 1 aromatic heterocycles. The van der Waals surface area contributed by atoms with Gasteiger partial charge in [-0.2, -0.15) is 5.10 Å². The van der Waals surface area contributed by atoms with E-state index in [0.29, 0.717) is 5.56 Å². The van der Waals surface area contributed by atoms with Gasteiger partial charge in [-0.3, -0.25) is 5.43 Å². The molecule has 1 heterocycles. The Balaban J connectivity index is 2.10. The maximum absolute atomic E-state index is 5.87. The first-order valence-corrected chi connectivity index (χ1v) is 6.42. The van der Waals surface area contributed by atoms with E-state index in [1.807, 2.05) is 24.3 Å². The number of anilines is 1. The summed E-state index contributed by atoms with van der Waals surface area (Å²) in [5.74, 6) is 0. The smallest absolute Gasteiger partial charge is 0.142 e. The summed E-state index contributed by atoms with van der Waals surface area (Å²) in [6, 6.07) is 7.57. The summed E-state index contributed by atoms with van der Waals surface area (Å²) in [7, 11) is 0. The van der Waals surface area contributed by atoms with E-state index in [2.05, 4.69) is 36.4 Å². The molecule has 0 saturated carbocycles. The van der Waals surface area contributed by atoms with Crippen molar-refractivity contribution >= 4 is 51.0 Å². The first-order chi connectivity index (χ1) is 8.66. The molecule has 0 aliphatic heterocycles. The molecule has 0 amide bonds. The Bertz CT molecular complexity index is 552. The third kappa shape index (κ3) is 3.41. The van der Waals surface area contributed by atoms with Crippen LogP contribution < -0.4 is 5.43 Å². The van der Waals surface area contributed by atoms with Crippen molar-refractivity contribution in [3.05, 3.63) is 50.9 Å². The lowest BCUT2D eigenvalue weighted by Gasteiger charge is -2.01. The summed E-state index contributed by atoms with van der Waals surface area (Å²) in [5, 5.41) is 4.55. The fourth-order valence-corrected chi connectivity index (χ4v) is 1.83. The molecule has 2 rings (SSSR count). The van der Waals surface area contributed by atoms with E-state index in [0.717, 1.165) is 10.2 Å². The molecule has 7 heteroatoms. The van der Waals surface area contributed by atoms with Crippen LogP contribution in [0.2, 0.25) is 10.3 Å². The molecule has 18 heavy (non-hydrogen) atoms. The van der Waals surface area contributed by atoms with Gasteiger partial charge < -0.3 is 0 Å². The van der Waals surface area contributed by atoms with Crippen LogP contribution in [0.25, 0.3) is 0 Å². The van der Waals surface area contributed by atoms with Gasteiger partial charge in [-0.15, -0.1) is 0 Å². The normalized spacial score (nSPS) is 10.8.